The zero-order chi connectivity index (χ0) is 25.4. The van der Waals surface area contributed by atoms with E-state index in [4.69, 9.17) is 0 Å². The molecule has 2 N–H and O–H groups in total. The molecule has 4 heterocycles. The highest BCUT2D eigenvalue weighted by molar-refractivity contribution is 8.14. The Kier molecular flexibility index (Phi) is 5.22. The molecule has 2 aromatic heterocycles. The minimum Gasteiger partial charge on any atom is -0.337 e. The molecule has 0 saturated heterocycles. The third-order valence-electron chi connectivity index (χ3n) is 7.30. The minimum absolute atomic E-state index is 0.104. The van der Waals surface area contributed by atoms with Gasteiger partial charge in [-0.15, -0.1) is 0 Å². The van der Waals surface area contributed by atoms with E-state index in [9.17, 15) is 23.2 Å². The Morgan fingerprint density at radius 1 is 1.28 bits per heavy atom. The van der Waals surface area contributed by atoms with Crippen LogP contribution in [0.5, 0.6) is 0 Å². The predicted molar refractivity (Wildman–Crippen MR) is 129 cm³/mol. The maximum absolute atomic E-state index is 13.4. The summed E-state index contributed by atoms with van der Waals surface area (Å²) >= 11 is 1.55. The molecule has 2 fully saturated rings. The molecular formula is C24H24F2N6O3S. The average Bonchev–Trinajstić information content (AvgIpc) is 3.67. The van der Waals surface area contributed by atoms with Gasteiger partial charge in [-0.25, -0.2) is 8.78 Å². The van der Waals surface area contributed by atoms with Gasteiger partial charge in [0, 0.05) is 30.7 Å². The molecule has 6 rings (SSSR count). The fourth-order valence-corrected chi connectivity index (χ4v) is 6.37. The number of hydrazone groups is 1. The molecule has 9 nitrogen and oxygen atoms in total. The van der Waals surface area contributed by atoms with Crippen molar-refractivity contribution in [3.8, 4) is 0 Å². The number of nitrogens with one attached hydrogen (secondary N) is 2. The second-order valence-electron chi connectivity index (χ2n) is 9.86. The minimum atomic E-state index is -2.76. The summed E-state index contributed by atoms with van der Waals surface area (Å²) in [6.45, 7) is 1.66. The monoisotopic (exact) mass is 514 g/mol. The fourth-order valence-electron chi connectivity index (χ4n) is 5.28. The number of fused-ring (bicyclic) bond motifs is 3. The molecule has 36 heavy (non-hydrogen) atoms. The van der Waals surface area contributed by atoms with Crippen LogP contribution in [0.1, 0.15) is 69.5 Å². The number of carbonyl (C=O) groups is 3. The van der Waals surface area contributed by atoms with Gasteiger partial charge in [0.25, 0.3) is 24.0 Å². The molecule has 12 heteroatoms. The smallest absolute Gasteiger partial charge is 0.293 e. The molecule has 0 bridgehead atoms. The summed E-state index contributed by atoms with van der Waals surface area (Å²) in [7, 11) is 1.86. The van der Waals surface area contributed by atoms with E-state index >= 15 is 0 Å². The number of amides is 2. The Balaban J connectivity index is 1.28. The third kappa shape index (κ3) is 3.69. The van der Waals surface area contributed by atoms with E-state index in [0.29, 0.717) is 35.2 Å². The first-order chi connectivity index (χ1) is 17.2. The van der Waals surface area contributed by atoms with Crippen LogP contribution in [0, 0.1) is 12.8 Å². The molecule has 2 saturated carbocycles. The van der Waals surface area contributed by atoms with E-state index in [-0.39, 0.29) is 17.3 Å². The van der Waals surface area contributed by atoms with Crippen LogP contribution in [0.3, 0.4) is 0 Å². The number of alkyl halides is 2. The topological polar surface area (TPSA) is 109 Å². The molecular weight excluding hydrogens is 490 g/mol. The second-order valence-corrected chi connectivity index (χ2v) is 10.8. The van der Waals surface area contributed by atoms with E-state index in [2.05, 4.69) is 20.7 Å². The van der Waals surface area contributed by atoms with Crippen LogP contribution < -0.4 is 10.6 Å². The lowest BCUT2D eigenvalue weighted by molar-refractivity contribution is -0.117. The van der Waals surface area contributed by atoms with Gasteiger partial charge in [-0.3, -0.25) is 24.4 Å². The number of rotatable bonds is 7. The number of ketones is 1. The largest absolute Gasteiger partial charge is 0.337 e. The molecule has 2 aliphatic heterocycles. The number of carbonyl (C=O) groups excluding carboxylic acids is 3. The normalized spacial score (nSPS) is 22.7. The molecule has 2 aromatic rings. The first kappa shape index (κ1) is 23.1. The second kappa shape index (κ2) is 8.12. The fraction of sp³-hybridized carbons (Fsp3) is 0.458. The predicted octanol–water partition coefficient (Wildman–Crippen LogP) is 3.28. The molecule has 0 spiro atoms. The Bertz CT molecular complexity index is 1350. The maximum atomic E-state index is 13.4. The van der Waals surface area contributed by atoms with Crippen LogP contribution in [-0.4, -0.2) is 55.7 Å². The molecule has 2 atom stereocenters. The SMILES string of the molecule is Cc1c(C(=O)C(=O)NC2(C3=NN(C)CS3)CC2)c2n(c1C(=O)Nc1ccnc(C(F)F)c1)C1CC1C2. The van der Waals surface area contributed by atoms with Gasteiger partial charge in [-0.05, 0) is 56.2 Å². The Labute approximate surface area is 209 Å². The van der Waals surface area contributed by atoms with Crippen molar-refractivity contribution in [2.75, 3.05) is 18.2 Å². The number of pyridine rings is 1. The number of nitrogens with zero attached hydrogens (tertiary/aromatic N) is 4. The Morgan fingerprint density at radius 2 is 2.06 bits per heavy atom. The quantitative estimate of drug-likeness (QED) is 0.434. The highest BCUT2D eigenvalue weighted by Crippen LogP contribution is 2.54. The number of hydrogen-bond donors (Lipinski definition) is 2. The lowest BCUT2D eigenvalue weighted by Gasteiger charge is -2.16. The van der Waals surface area contributed by atoms with Gasteiger partial charge in [0.2, 0.25) is 0 Å². The van der Waals surface area contributed by atoms with E-state index in [1.54, 1.807) is 23.7 Å². The van der Waals surface area contributed by atoms with Crippen LogP contribution in [0.25, 0.3) is 0 Å². The van der Waals surface area contributed by atoms with Crippen LogP contribution in [-0.2, 0) is 11.2 Å². The standard InChI is InChI=1S/C24H24F2N6O3S/c1-11-17(19(33)22(35)29-24(4-5-24)23-30-31(2)10-36-23)16-8-12-7-15(12)32(16)18(11)21(34)28-13-3-6-27-14(9-13)20(25)26/h3,6,9,12,15,20H,4-5,7-8,10H2,1-2H3,(H,29,35)(H,27,28,34). The first-order valence-corrected chi connectivity index (χ1v) is 12.8. The van der Waals surface area contributed by atoms with Gasteiger partial charge in [0.1, 0.15) is 16.4 Å². The Hall–Kier alpha value is -3.28. The summed E-state index contributed by atoms with van der Waals surface area (Å²) in [6.07, 6.45) is 1.42. The summed E-state index contributed by atoms with van der Waals surface area (Å²) in [4.78, 5) is 43.5. The lowest BCUT2D eigenvalue weighted by Crippen LogP contribution is -2.45. The third-order valence-corrected chi connectivity index (χ3v) is 8.54. The highest BCUT2D eigenvalue weighted by Gasteiger charge is 2.53. The number of halogens is 2. The van der Waals surface area contributed by atoms with Crippen molar-refractivity contribution in [1.82, 2.24) is 19.9 Å². The van der Waals surface area contributed by atoms with Gasteiger partial charge in [0.05, 0.1) is 17.0 Å². The van der Waals surface area contributed by atoms with Crippen molar-refractivity contribution in [2.24, 2.45) is 11.0 Å². The zero-order valence-corrected chi connectivity index (χ0v) is 20.5. The zero-order valence-electron chi connectivity index (χ0n) is 19.7. The highest BCUT2D eigenvalue weighted by atomic mass is 32.2. The van der Waals surface area contributed by atoms with Gasteiger partial charge >= 0.3 is 0 Å². The molecule has 4 aliphatic rings. The summed E-state index contributed by atoms with van der Waals surface area (Å²) in [6, 6.07) is 2.66. The van der Waals surface area contributed by atoms with Crippen LogP contribution in [0.2, 0.25) is 0 Å². The van der Waals surface area contributed by atoms with E-state index in [1.807, 2.05) is 11.6 Å². The summed E-state index contributed by atoms with van der Waals surface area (Å²) in [5.41, 5.74) is 0.830. The molecule has 188 valence electrons. The Morgan fingerprint density at radius 3 is 2.72 bits per heavy atom. The summed E-state index contributed by atoms with van der Waals surface area (Å²) in [5.74, 6) is -0.841. The van der Waals surface area contributed by atoms with Gasteiger partial charge in [-0.1, -0.05) is 11.8 Å². The summed E-state index contributed by atoms with van der Waals surface area (Å²) in [5, 5.41) is 12.6. The van der Waals surface area contributed by atoms with Crippen molar-refractivity contribution in [3.05, 3.63) is 46.5 Å². The van der Waals surface area contributed by atoms with Crippen LogP contribution >= 0.6 is 11.8 Å². The number of Topliss-reactive ketones (excluding diaryl/α,β-unsaturated/α-hetero) is 1. The van der Waals surface area contributed by atoms with E-state index in [1.165, 1.54) is 12.3 Å². The van der Waals surface area contributed by atoms with Crippen molar-refractivity contribution in [3.63, 3.8) is 0 Å². The van der Waals surface area contributed by atoms with Crippen LogP contribution in [0.4, 0.5) is 14.5 Å². The molecule has 2 aliphatic carbocycles. The molecule has 2 amide bonds. The molecule has 2 unspecified atom stereocenters. The lowest BCUT2D eigenvalue weighted by atomic mass is 10.0. The van der Waals surface area contributed by atoms with E-state index < -0.39 is 35.3 Å². The van der Waals surface area contributed by atoms with Crippen molar-refractivity contribution in [1.29, 1.82) is 0 Å². The number of anilines is 1. The molecule has 0 radical (unpaired) electrons. The first-order valence-electron chi connectivity index (χ1n) is 11.8. The molecule has 0 aromatic carbocycles. The summed E-state index contributed by atoms with van der Waals surface area (Å²) < 4.78 is 28.0. The van der Waals surface area contributed by atoms with Gasteiger partial charge in [-0.2, -0.15) is 5.10 Å². The number of aromatic nitrogens is 2. The van der Waals surface area contributed by atoms with Crippen LogP contribution in [0.15, 0.2) is 23.4 Å². The van der Waals surface area contributed by atoms with Crippen molar-refractivity contribution >= 4 is 40.1 Å². The van der Waals surface area contributed by atoms with Gasteiger partial charge in [0.15, 0.2) is 0 Å². The number of hydrogen-bond acceptors (Lipinski definition) is 7. The van der Waals surface area contributed by atoms with E-state index in [0.717, 1.165) is 30.4 Å². The average molecular weight is 515 g/mol. The van der Waals surface area contributed by atoms with Crippen molar-refractivity contribution in [2.45, 2.75) is 50.6 Å². The maximum Gasteiger partial charge on any atom is 0.293 e. The van der Waals surface area contributed by atoms with Gasteiger partial charge < -0.3 is 15.2 Å². The van der Waals surface area contributed by atoms with Crippen molar-refractivity contribution < 1.29 is 23.2 Å². The number of thioether (sulfide) groups is 1.